The van der Waals surface area contributed by atoms with Crippen molar-refractivity contribution in [3.63, 3.8) is 0 Å². The maximum absolute atomic E-state index is 12.3. The number of urea groups is 1. The van der Waals surface area contributed by atoms with Gasteiger partial charge in [0.15, 0.2) is 0 Å². The number of hydrogen-bond acceptors (Lipinski definition) is 5. The van der Waals surface area contributed by atoms with Gasteiger partial charge in [-0.3, -0.25) is 5.32 Å². The number of aromatic amines is 1. The summed E-state index contributed by atoms with van der Waals surface area (Å²) < 4.78 is 4.57. The van der Waals surface area contributed by atoms with E-state index in [0.29, 0.717) is 27.4 Å². The number of H-pyrrole nitrogens is 1. The van der Waals surface area contributed by atoms with E-state index < -0.39 is 12.1 Å². The second-order valence-electron chi connectivity index (χ2n) is 6.71. The number of rotatable bonds is 5. The number of amides is 3. The molecule has 0 spiro atoms. The molecule has 0 saturated carbocycles. The standard InChI is InChI=1S/C22H17Cl2N5O3S/c1-32-22(31)29-20-26-17-9-7-15(11-19(17)27-20)33-14-5-3-13(4-6-14)25-21(30)28-18-10-12(23)2-8-16(18)24/h2-11H,1H3,(H2,25,28,30)(H2,26,27,29,31). The van der Waals surface area contributed by atoms with Crippen LogP contribution in [0.3, 0.4) is 0 Å². The molecule has 0 radical (unpaired) electrons. The van der Waals surface area contributed by atoms with Crippen LogP contribution in [0.2, 0.25) is 10.0 Å². The van der Waals surface area contributed by atoms with Crippen molar-refractivity contribution in [2.75, 3.05) is 23.1 Å². The first-order valence-electron chi connectivity index (χ1n) is 9.55. The third-order valence-corrected chi connectivity index (χ3v) is 5.95. The molecule has 4 aromatic rings. The molecular weight excluding hydrogens is 485 g/mol. The van der Waals surface area contributed by atoms with Gasteiger partial charge in [-0.1, -0.05) is 35.0 Å². The Labute approximate surface area is 203 Å². The van der Waals surface area contributed by atoms with Gasteiger partial charge in [-0.25, -0.2) is 14.6 Å². The van der Waals surface area contributed by atoms with Crippen molar-refractivity contribution in [2.24, 2.45) is 0 Å². The zero-order valence-electron chi connectivity index (χ0n) is 17.1. The second-order valence-corrected chi connectivity index (χ2v) is 8.70. The van der Waals surface area contributed by atoms with Crippen LogP contribution < -0.4 is 16.0 Å². The van der Waals surface area contributed by atoms with Crippen molar-refractivity contribution in [1.29, 1.82) is 0 Å². The number of fused-ring (bicyclic) bond motifs is 1. The van der Waals surface area contributed by atoms with Crippen LogP contribution in [0.1, 0.15) is 0 Å². The van der Waals surface area contributed by atoms with E-state index in [9.17, 15) is 9.59 Å². The Hall–Kier alpha value is -3.40. The molecule has 4 rings (SSSR count). The maximum atomic E-state index is 12.3. The maximum Gasteiger partial charge on any atom is 0.413 e. The zero-order valence-corrected chi connectivity index (χ0v) is 19.4. The van der Waals surface area contributed by atoms with Crippen LogP contribution in [-0.2, 0) is 4.74 Å². The van der Waals surface area contributed by atoms with Crippen LogP contribution in [0, 0.1) is 0 Å². The number of imidazole rings is 1. The Morgan fingerprint density at radius 2 is 1.70 bits per heavy atom. The monoisotopic (exact) mass is 501 g/mol. The van der Waals surface area contributed by atoms with E-state index in [1.165, 1.54) is 7.11 Å². The summed E-state index contributed by atoms with van der Waals surface area (Å²) in [7, 11) is 1.29. The quantitative estimate of drug-likeness (QED) is 0.239. The topological polar surface area (TPSA) is 108 Å². The van der Waals surface area contributed by atoms with E-state index >= 15 is 0 Å². The summed E-state index contributed by atoms with van der Waals surface area (Å²) in [5, 5.41) is 8.80. The minimum Gasteiger partial charge on any atom is -0.453 e. The molecule has 0 unspecified atom stereocenters. The van der Waals surface area contributed by atoms with E-state index in [0.717, 1.165) is 20.8 Å². The Morgan fingerprint density at radius 1 is 0.939 bits per heavy atom. The van der Waals surface area contributed by atoms with Gasteiger partial charge in [0, 0.05) is 20.5 Å². The summed E-state index contributed by atoms with van der Waals surface area (Å²) in [5.74, 6) is 0.312. The Kier molecular flexibility index (Phi) is 6.93. The predicted molar refractivity (Wildman–Crippen MR) is 132 cm³/mol. The Bertz CT molecular complexity index is 1330. The van der Waals surface area contributed by atoms with E-state index in [2.05, 4.69) is 30.7 Å². The minimum absolute atomic E-state index is 0.312. The van der Waals surface area contributed by atoms with Gasteiger partial charge >= 0.3 is 12.1 Å². The normalized spacial score (nSPS) is 10.6. The second kappa shape index (κ2) is 10.0. The fourth-order valence-electron chi connectivity index (χ4n) is 2.88. The summed E-state index contributed by atoms with van der Waals surface area (Å²) in [4.78, 5) is 32.9. The summed E-state index contributed by atoms with van der Waals surface area (Å²) >= 11 is 13.6. The molecule has 0 aliphatic heterocycles. The van der Waals surface area contributed by atoms with Gasteiger partial charge in [-0.15, -0.1) is 0 Å². The largest absolute Gasteiger partial charge is 0.453 e. The van der Waals surface area contributed by atoms with E-state index in [-0.39, 0.29) is 0 Å². The number of aromatic nitrogens is 2. The molecule has 3 amide bonds. The Balaban J connectivity index is 1.38. The molecule has 0 bridgehead atoms. The van der Waals surface area contributed by atoms with Gasteiger partial charge in [0.1, 0.15) is 0 Å². The van der Waals surface area contributed by atoms with Crippen molar-refractivity contribution >= 4 is 75.4 Å². The van der Waals surface area contributed by atoms with Crippen molar-refractivity contribution in [2.45, 2.75) is 9.79 Å². The first kappa shape index (κ1) is 22.8. The van der Waals surface area contributed by atoms with Crippen LogP contribution in [0.25, 0.3) is 11.0 Å². The van der Waals surface area contributed by atoms with Gasteiger partial charge in [-0.2, -0.15) is 0 Å². The van der Waals surface area contributed by atoms with Crippen molar-refractivity contribution in [3.05, 3.63) is 70.7 Å². The average molecular weight is 502 g/mol. The highest BCUT2D eigenvalue weighted by Gasteiger charge is 2.09. The van der Waals surface area contributed by atoms with Crippen LogP contribution >= 0.6 is 35.0 Å². The first-order chi connectivity index (χ1) is 15.9. The number of hydrogen-bond donors (Lipinski definition) is 4. The third kappa shape index (κ3) is 5.89. The predicted octanol–water partition coefficient (Wildman–Crippen LogP) is 6.84. The number of nitrogens with one attached hydrogen (secondary N) is 4. The fraction of sp³-hybridized carbons (Fsp3) is 0.0455. The molecule has 33 heavy (non-hydrogen) atoms. The van der Waals surface area contributed by atoms with Crippen LogP contribution in [0.4, 0.5) is 26.9 Å². The number of halogens is 2. The number of carbonyl (C=O) groups excluding carboxylic acids is 2. The summed E-state index contributed by atoms with van der Waals surface area (Å²) in [6, 6.07) is 17.5. The fourth-order valence-corrected chi connectivity index (χ4v) is 4.07. The molecule has 8 nitrogen and oxygen atoms in total. The molecule has 1 heterocycles. The highest BCUT2D eigenvalue weighted by molar-refractivity contribution is 7.99. The molecule has 3 aromatic carbocycles. The van der Waals surface area contributed by atoms with Gasteiger partial charge in [0.25, 0.3) is 0 Å². The number of anilines is 3. The van der Waals surface area contributed by atoms with Gasteiger partial charge < -0.3 is 20.4 Å². The number of benzene rings is 3. The molecule has 1 aromatic heterocycles. The average Bonchev–Trinajstić information content (AvgIpc) is 3.19. The number of carbonyl (C=O) groups is 2. The molecule has 11 heteroatoms. The lowest BCUT2D eigenvalue weighted by Gasteiger charge is -2.10. The highest BCUT2D eigenvalue weighted by atomic mass is 35.5. The van der Waals surface area contributed by atoms with Gasteiger partial charge in [0.2, 0.25) is 5.95 Å². The molecule has 0 aliphatic carbocycles. The number of methoxy groups -OCH3 is 1. The summed E-state index contributed by atoms with van der Waals surface area (Å²) in [6.45, 7) is 0. The van der Waals surface area contributed by atoms with E-state index in [4.69, 9.17) is 23.2 Å². The molecule has 0 aliphatic rings. The number of ether oxygens (including phenoxy) is 1. The number of nitrogens with zero attached hydrogens (tertiary/aromatic N) is 1. The third-order valence-electron chi connectivity index (χ3n) is 4.38. The smallest absolute Gasteiger partial charge is 0.413 e. The van der Waals surface area contributed by atoms with Crippen LogP contribution in [-0.4, -0.2) is 29.2 Å². The van der Waals surface area contributed by atoms with Gasteiger partial charge in [0.05, 0.1) is 28.9 Å². The SMILES string of the molecule is COC(=O)Nc1nc2ccc(Sc3ccc(NC(=O)Nc4cc(Cl)ccc4Cl)cc3)cc2[nH]1. The Morgan fingerprint density at radius 3 is 2.45 bits per heavy atom. The zero-order chi connectivity index (χ0) is 23.4. The molecule has 168 valence electrons. The molecule has 0 atom stereocenters. The van der Waals surface area contributed by atoms with Crippen molar-refractivity contribution in [1.82, 2.24) is 9.97 Å². The van der Waals surface area contributed by atoms with Crippen LogP contribution in [0.5, 0.6) is 0 Å². The lowest BCUT2D eigenvalue weighted by molar-refractivity contribution is 0.186. The summed E-state index contributed by atoms with van der Waals surface area (Å²) in [6.07, 6.45) is -0.596. The summed E-state index contributed by atoms with van der Waals surface area (Å²) in [5.41, 5.74) is 2.54. The van der Waals surface area contributed by atoms with Crippen molar-refractivity contribution < 1.29 is 14.3 Å². The molecule has 4 N–H and O–H groups in total. The molecule has 0 fully saturated rings. The highest BCUT2D eigenvalue weighted by Crippen LogP contribution is 2.31. The van der Waals surface area contributed by atoms with Crippen molar-refractivity contribution in [3.8, 4) is 0 Å². The minimum atomic E-state index is -0.596. The first-order valence-corrected chi connectivity index (χ1v) is 11.1. The molecular formula is C22H17Cl2N5O3S. The van der Waals surface area contributed by atoms with E-state index in [1.54, 1.807) is 42.1 Å². The van der Waals surface area contributed by atoms with E-state index in [1.807, 2.05) is 30.3 Å². The lowest BCUT2D eigenvalue weighted by Crippen LogP contribution is -2.19. The van der Waals surface area contributed by atoms with Gasteiger partial charge in [-0.05, 0) is 60.7 Å². The lowest BCUT2D eigenvalue weighted by atomic mass is 10.3. The van der Waals surface area contributed by atoms with Crippen LogP contribution in [0.15, 0.2) is 70.5 Å². The molecule has 0 saturated heterocycles.